The van der Waals surface area contributed by atoms with Gasteiger partial charge in [-0.15, -0.1) is 0 Å². The van der Waals surface area contributed by atoms with Crippen molar-refractivity contribution in [3.05, 3.63) is 145 Å². The predicted octanol–water partition coefficient (Wildman–Crippen LogP) is 7.71. The Balaban J connectivity index is 1.36. The van der Waals surface area contributed by atoms with Crippen molar-refractivity contribution in [3.63, 3.8) is 0 Å². The molecule has 0 saturated carbocycles. The highest BCUT2D eigenvalue weighted by Crippen LogP contribution is 2.40. The number of benzene rings is 5. The van der Waals surface area contributed by atoms with Crippen LogP contribution >= 0.6 is 0 Å². The van der Waals surface area contributed by atoms with Crippen molar-refractivity contribution in [2.45, 2.75) is 0 Å². The molecule has 198 valence electrons. The van der Waals surface area contributed by atoms with Gasteiger partial charge in [-0.3, -0.25) is 9.59 Å². The van der Waals surface area contributed by atoms with Gasteiger partial charge in [-0.2, -0.15) is 0 Å². The molecule has 0 saturated heterocycles. The fourth-order valence-electron chi connectivity index (χ4n) is 6.06. The molecule has 0 fully saturated rings. The molecule has 0 spiro atoms. The van der Waals surface area contributed by atoms with E-state index in [0.29, 0.717) is 22.5 Å². The molecule has 2 amide bonds. The van der Waals surface area contributed by atoms with Gasteiger partial charge in [0.25, 0.3) is 11.8 Å². The quantitative estimate of drug-likeness (QED) is 0.214. The van der Waals surface area contributed by atoms with E-state index in [0.717, 1.165) is 44.1 Å². The highest BCUT2D eigenvalue weighted by atomic mass is 16.2. The second kappa shape index (κ2) is 9.35. The van der Waals surface area contributed by atoms with Crippen molar-refractivity contribution in [2.75, 3.05) is 4.90 Å². The molecule has 42 heavy (non-hydrogen) atoms. The zero-order valence-electron chi connectivity index (χ0n) is 22.3. The lowest BCUT2D eigenvalue weighted by Gasteiger charge is -2.18. The summed E-state index contributed by atoms with van der Waals surface area (Å²) in [5.74, 6) is -0.671. The molecule has 5 aromatic carbocycles. The Kier molecular flexibility index (Phi) is 5.34. The maximum atomic E-state index is 14.3. The van der Waals surface area contributed by atoms with Gasteiger partial charge in [-0.25, -0.2) is 14.9 Å². The van der Waals surface area contributed by atoms with E-state index in [9.17, 15) is 9.59 Å². The zero-order chi connectivity index (χ0) is 28.2. The molecule has 0 N–H and O–H groups in total. The summed E-state index contributed by atoms with van der Waals surface area (Å²) in [5, 5.41) is 2.11. The van der Waals surface area contributed by atoms with Gasteiger partial charge in [0.1, 0.15) is 6.33 Å². The van der Waals surface area contributed by atoms with E-state index in [-0.39, 0.29) is 11.8 Å². The SMILES string of the molecule is O=C1c2cccc(-n3c4ccccc4c4ccc(-c5cncnc5)cc43)c2C(=O)N1c1ccccc1-c1ccccc1. The van der Waals surface area contributed by atoms with Crippen LogP contribution in [0.15, 0.2) is 134 Å². The van der Waals surface area contributed by atoms with Crippen LogP contribution < -0.4 is 4.90 Å². The lowest BCUT2D eigenvalue weighted by atomic mass is 10.0. The number of carbonyl (C=O) groups is 2. The second-order valence-corrected chi connectivity index (χ2v) is 10.2. The van der Waals surface area contributed by atoms with Crippen molar-refractivity contribution >= 4 is 39.3 Å². The van der Waals surface area contributed by atoms with E-state index >= 15 is 0 Å². The fraction of sp³-hybridized carbons (Fsp3) is 0. The van der Waals surface area contributed by atoms with E-state index in [1.807, 2.05) is 84.9 Å². The minimum absolute atomic E-state index is 0.330. The minimum atomic E-state index is -0.340. The Bertz CT molecular complexity index is 2190. The topological polar surface area (TPSA) is 68.1 Å². The number of aromatic nitrogens is 3. The molecule has 1 aliphatic heterocycles. The molecule has 6 nitrogen and oxygen atoms in total. The third-order valence-corrected chi connectivity index (χ3v) is 7.93. The molecule has 0 radical (unpaired) electrons. The zero-order valence-corrected chi connectivity index (χ0v) is 22.3. The molecule has 6 heteroatoms. The van der Waals surface area contributed by atoms with Crippen LogP contribution in [-0.4, -0.2) is 26.3 Å². The number of amides is 2. The minimum Gasteiger partial charge on any atom is -0.308 e. The Morgan fingerprint density at radius 2 is 1.19 bits per heavy atom. The number of anilines is 1. The molecular weight excluding hydrogens is 520 g/mol. The average molecular weight is 543 g/mol. The lowest BCUT2D eigenvalue weighted by molar-refractivity contribution is 0.0926. The Morgan fingerprint density at radius 1 is 0.500 bits per heavy atom. The van der Waals surface area contributed by atoms with E-state index < -0.39 is 0 Å². The van der Waals surface area contributed by atoms with Crippen molar-refractivity contribution < 1.29 is 9.59 Å². The Labute approximate surface area is 241 Å². The number of nitrogens with zero attached hydrogens (tertiary/aromatic N) is 4. The summed E-state index contributed by atoms with van der Waals surface area (Å²) in [4.78, 5) is 38.0. The highest BCUT2D eigenvalue weighted by Gasteiger charge is 2.40. The van der Waals surface area contributed by atoms with Crippen LogP contribution in [0.3, 0.4) is 0 Å². The number of hydrogen-bond acceptors (Lipinski definition) is 4. The molecule has 1 aliphatic rings. The molecule has 0 aliphatic carbocycles. The van der Waals surface area contributed by atoms with Gasteiger partial charge < -0.3 is 4.57 Å². The first-order valence-corrected chi connectivity index (χ1v) is 13.7. The van der Waals surface area contributed by atoms with Crippen molar-refractivity contribution in [2.24, 2.45) is 0 Å². The summed E-state index contributed by atoms with van der Waals surface area (Å²) >= 11 is 0. The summed E-state index contributed by atoms with van der Waals surface area (Å²) in [6, 6.07) is 37.2. The van der Waals surface area contributed by atoms with Crippen LogP contribution in [0.1, 0.15) is 20.7 Å². The van der Waals surface area contributed by atoms with Gasteiger partial charge in [-0.05, 0) is 41.5 Å². The predicted molar refractivity (Wildman–Crippen MR) is 165 cm³/mol. The monoisotopic (exact) mass is 542 g/mol. The average Bonchev–Trinajstić information content (AvgIpc) is 3.52. The van der Waals surface area contributed by atoms with Crippen molar-refractivity contribution in [1.29, 1.82) is 0 Å². The maximum Gasteiger partial charge on any atom is 0.268 e. The lowest BCUT2D eigenvalue weighted by Crippen LogP contribution is -2.30. The maximum absolute atomic E-state index is 14.3. The van der Waals surface area contributed by atoms with E-state index in [2.05, 4.69) is 38.8 Å². The van der Waals surface area contributed by atoms with Crippen molar-refractivity contribution in [1.82, 2.24) is 14.5 Å². The summed E-state index contributed by atoms with van der Waals surface area (Å²) in [5.41, 5.74) is 7.49. The molecule has 0 atom stereocenters. The van der Waals surface area contributed by atoms with E-state index in [1.54, 1.807) is 18.5 Å². The number of carbonyl (C=O) groups excluding carboxylic acids is 2. The number of para-hydroxylation sites is 2. The number of imide groups is 1. The molecular formula is C36H22N4O2. The summed E-state index contributed by atoms with van der Waals surface area (Å²) in [6.45, 7) is 0. The molecule has 2 aromatic heterocycles. The van der Waals surface area contributed by atoms with Crippen LogP contribution in [0.4, 0.5) is 5.69 Å². The van der Waals surface area contributed by atoms with Crippen LogP contribution in [0.2, 0.25) is 0 Å². The molecule has 3 heterocycles. The highest BCUT2D eigenvalue weighted by molar-refractivity contribution is 6.36. The van der Waals surface area contributed by atoms with Crippen LogP contribution in [0, 0.1) is 0 Å². The van der Waals surface area contributed by atoms with E-state index in [1.165, 1.54) is 11.2 Å². The van der Waals surface area contributed by atoms with Crippen LogP contribution in [0.5, 0.6) is 0 Å². The Morgan fingerprint density at radius 3 is 2.05 bits per heavy atom. The first-order chi connectivity index (χ1) is 20.7. The fourth-order valence-corrected chi connectivity index (χ4v) is 6.06. The molecule has 0 unspecified atom stereocenters. The van der Waals surface area contributed by atoms with Gasteiger partial charge in [0.2, 0.25) is 0 Å². The number of fused-ring (bicyclic) bond motifs is 4. The van der Waals surface area contributed by atoms with Crippen molar-refractivity contribution in [3.8, 4) is 27.9 Å². The standard InChI is InChI=1S/C36H22N4O2/c41-35-29-13-8-16-32(34(29)36(42)40(35)30-14-6-4-11-26(30)23-9-2-1-3-10-23)39-31-15-7-5-12-27(31)28-18-17-24(19-33(28)39)25-20-37-22-38-21-25/h1-22H. The van der Waals surface area contributed by atoms with Crippen LogP contribution in [0.25, 0.3) is 49.7 Å². The van der Waals surface area contributed by atoms with Gasteiger partial charge in [-0.1, -0.05) is 84.9 Å². The van der Waals surface area contributed by atoms with Gasteiger partial charge in [0.05, 0.1) is 33.5 Å². The normalized spacial score (nSPS) is 12.8. The van der Waals surface area contributed by atoms with E-state index in [4.69, 9.17) is 0 Å². The largest absolute Gasteiger partial charge is 0.308 e. The molecule has 0 bridgehead atoms. The third-order valence-electron chi connectivity index (χ3n) is 7.93. The summed E-state index contributed by atoms with van der Waals surface area (Å²) in [6.07, 6.45) is 5.08. The third kappa shape index (κ3) is 3.52. The van der Waals surface area contributed by atoms with Gasteiger partial charge in [0, 0.05) is 34.3 Å². The summed E-state index contributed by atoms with van der Waals surface area (Å²) in [7, 11) is 0. The molecule has 7 aromatic rings. The second-order valence-electron chi connectivity index (χ2n) is 10.2. The summed E-state index contributed by atoms with van der Waals surface area (Å²) < 4.78 is 2.09. The van der Waals surface area contributed by atoms with Gasteiger partial charge in [0.15, 0.2) is 0 Å². The number of hydrogen-bond donors (Lipinski definition) is 0. The number of rotatable bonds is 4. The van der Waals surface area contributed by atoms with Gasteiger partial charge >= 0.3 is 0 Å². The Hall–Kier alpha value is -5.88. The molecule has 8 rings (SSSR count). The van der Waals surface area contributed by atoms with Crippen LogP contribution in [-0.2, 0) is 0 Å². The smallest absolute Gasteiger partial charge is 0.268 e. The first-order valence-electron chi connectivity index (χ1n) is 13.7. The first kappa shape index (κ1) is 24.0.